The van der Waals surface area contributed by atoms with Gasteiger partial charge in [0.15, 0.2) is 5.43 Å². The minimum absolute atomic E-state index is 0. The van der Waals surface area contributed by atoms with Gasteiger partial charge >= 0.3 is 66.1 Å². The molecule has 0 unspecified atom stereocenters. The zero-order chi connectivity index (χ0) is 103. The Balaban J connectivity index is 0. The number of nitrogens with one attached hydrogen (secondary N) is 3. The van der Waals surface area contributed by atoms with E-state index in [1.165, 1.54) is 69.4 Å². The van der Waals surface area contributed by atoms with Crippen molar-refractivity contribution in [3.05, 3.63) is 240 Å². The van der Waals surface area contributed by atoms with Gasteiger partial charge in [-0.25, -0.2) is 41.9 Å². The normalized spacial score (nSPS) is 15.1. The number of ether oxygens (including phenoxy) is 11. The van der Waals surface area contributed by atoms with Crippen molar-refractivity contribution in [3.63, 3.8) is 0 Å². The number of hydrogen-bond donors (Lipinski definition) is 7. The molecular weight excluding hydrogens is 2030 g/mol. The zero-order valence-corrected chi connectivity index (χ0v) is 92.5. The van der Waals surface area contributed by atoms with Crippen LogP contribution in [0, 0.1) is 17.5 Å². The number of pyridine rings is 5. The number of hydrogen-bond acceptors (Lipinski definition) is 28. The van der Waals surface area contributed by atoms with E-state index in [0.29, 0.717) is 110 Å². The van der Waals surface area contributed by atoms with E-state index in [1.54, 1.807) is 131 Å². The van der Waals surface area contributed by atoms with Gasteiger partial charge in [0.05, 0.1) is 135 Å². The standard InChI is InChI=1S/C15H20FNO3.2C13H18N2O3.C10H12FNO.C8H10N2O.3C8H15NO3.C7H6ClF.2C5H5NO.5ClH.Na.H/c1-15(2,3)20-14(18)17-8-13(9-17)19-10-11-4-6-12(16)7-5-11;1-13(2,3)18-12(16)15-8-11(9-15)17-10-4-6-14-7-5-10;1-13(2,3)18-12(16)15-8-11(9-15)17-10-5-4-6-14-7-10;11-9-3-1-8(2-4-9)7-13-10-5-12-6-10;1-3-9-4-2-7(1)11-8-5-10-6-8;3*1-8(2,3)12-7(11)9-4-6(10)5-9;8-5-6-1-3-7(9)4-2-6;7-5-1-3-6-4-2-5;7-5-2-1-3-6-4-5;;;;;;;/h4-7,13H,8-10H2,1-3H3;2*4-7,11H,8-9H2,1-3H3;1-4,10,12H,5-7H2;1-4,8,10H,5-6H2;3*6,10H,4-5H2,1-3H3;1-4H,5H2;1-4H,(H,6,7);1-4,7H;5*1H;;/q;;;;;;;;;;;;;;;;+1;-1. The summed E-state index contributed by atoms with van der Waals surface area (Å²) in [6.07, 6.45) is 14.2. The predicted octanol–water partition coefficient (Wildman–Crippen LogP) is 13.6. The molecule has 45 heteroatoms. The van der Waals surface area contributed by atoms with Gasteiger partial charge in [0.1, 0.15) is 92.4 Å². The number of halogens is 9. The second-order valence-corrected chi connectivity index (χ2v) is 39.0. The molecule has 8 saturated heterocycles. The number of benzene rings is 3. The van der Waals surface area contributed by atoms with Gasteiger partial charge in [-0.1, -0.05) is 36.4 Å². The number of aromatic nitrogens is 5. The smallest absolute Gasteiger partial charge is 1.00 e. The van der Waals surface area contributed by atoms with Crippen LogP contribution >= 0.6 is 73.6 Å². The number of alkyl halides is 1. The fourth-order valence-electron chi connectivity index (χ4n) is 11.2. The van der Waals surface area contributed by atoms with Gasteiger partial charge in [0, 0.05) is 93.8 Å². The molecule has 6 amide bonds. The van der Waals surface area contributed by atoms with Crippen molar-refractivity contribution in [1.29, 1.82) is 0 Å². The topological polar surface area (TPSA) is 413 Å². The molecule has 145 heavy (non-hydrogen) atoms. The van der Waals surface area contributed by atoms with Crippen molar-refractivity contribution in [2.24, 2.45) is 0 Å². The van der Waals surface area contributed by atoms with Crippen LogP contribution in [0.25, 0.3) is 0 Å². The van der Waals surface area contributed by atoms with Crippen LogP contribution in [0.5, 0.6) is 23.0 Å². The third-order valence-corrected chi connectivity index (χ3v) is 18.9. The quantitative estimate of drug-likeness (QED) is 0.0320. The summed E-state index contributed by atoms with van der Waals surface area (Å²) in [7, 11) is 0. The maximum absolute atomic E-state index is 12.7. The van der Waals surface area contributed by atoms with Crippen LogP contribution in [0.1, 0.15) is 143 Å². The molecule has 806 valence electrons. The number of β-amino-alcohol motifs (C(OH)–C–C–N with tert-alkyl or cyclic N) is 3. The molecule has 8 aromatic rings. The summed E-state index contributed by atoms with van der Waals surface area (Å²) in [5, 5.41) is 41.6. The summed E-state index contributed by atoms with van der Waals surface area (Å²) in [4.78, 5) is 106. The van der Waals surface area contributed by atoms with Gasteiger partial charge in [0.2, 0.25) is 0 Å². The molecule has 0 atom stereocenters. The maximum Gasteiger partial charge on any atom is 1.00 e. The third kappa shape index (κ3) is 59.8. The molecule has 8 fully saturated rings. The van der Waals surface area contributed by atoms with Gasteiger partial charge in [0.25, 0.3) is 0 Å². The van der Waals surface area contributed by atoms with E-state index in [4.69, 9.17) is 84.1 Å². The van der Waals surface area contributed by atoms with E-state index in [2.05, 4.69) is 35.6 Å². The summed E-state index contributed by atoms with van der Waals surface area (Å²) in [5.41, 5.74) is 0.206. The zero-order valence-electron chi connectivity index (χ0n) is 86.7. The fraction of sp³-hybridized carbons (Fsp3) is 0.510. The van der Waals surface area contributed by atoms with Gasteiger partial charge in [-0.15, -0.1) is 73.6 Å². The molecule has 8 aliphatic rings. The Kier molecular flexibility index (Phi) is 62.8. The van der Waals surface area contributed by atoms with Gasteiger partial charge in [-0.2, -0.15) is 0 Å². The van der Waals surface area contributed by atoms with E-state index in [-0.39, 0.29) is 195 Å². The maximum atomic E-state index is 12.7. The minimum Gasteiger partial charge on any atom is -1.00 e. The van der Waals surface area contributed by atoms with Gasteiger partial charge in [-0.3, -0.25) is 24.7 Å². The molecule has 35 nitrogen and oxygen atoms in total. The number of amides is 6. The van der Waals surface area contributed by atoms with Crippen LogP contribution in [0.2, 0.25) is 0 Å². The largest absolute Gasteiger partial charge is 1.00 e. The van der Waals surface area contributed by atoms with Crippen LogP contribution in [-0.4, -0.2) is 298 Å². The van der Waals surface area contributed by atoms with Crippen LogP contribution < -0.4 is 59.8 Å². The van der Waals surface area contributed by atoms with Gasteiger partial charge in [-0.05, 0) is 226 Å². The summed E-state index contributed by atoms with van der Waals surface area (Å²) in [6, 6.07) is 36.0. The third-order valence-electron chi connectivity index (χ3n) is 18.6. The number of aromatic hydroxyl groups is 1. The van der Waals surface area contributed by atoms with Crippen LogP contribution in [0.4, 0.5) is 41.9 Å². The number of rotatable bonds is 13. The molecule has 5 aromatic heterocycles. The molecule has 0 spiro atoms. The number of H-pyrrole nitrogens is 1. The van der Waals surface area contributed by atoms with Gasteiger partial charge < -0.3 is 119 Å². The molecule has 0 bridgehead atoms. The first-order valence-corrected chi connectivity index (χ1v) is 46.1. The molecule has 16 rings (SSSR count). The van der Waals surface area contributed by atoms with Crippen molar-refractivity contribution < 1.29 is 145 Å². The first-order valence-electron chi connectivity index (χ1n) is 45.5. The SMILES string of the molecule is CC(C)(C)OC(=O)N1CC(O)C1.CC(C)(C)OC(=O)N1CC(O)C1.CC(C)(C)OC(=O)N1CC(O)C1.CC(C)(C)OC(=O)N1CC(OCc2ccc(F)cc2)C1.CC(C)(C)OC(=O)N1CC(Oc2cccnc2)C1.CC(C)(C)OC(=O)N1CC(Oc2ccncc2)C1.Cl.Cl.Cl.Cl.Cl.Fc1ccc(CCl)cc1.Fc1ccc(COC2CNC2)cc1.O=c1cc[nH]cc1.Oc1cccnc1.[H-].[Na+].c1cc(OC2CNC2)ccn1. The number of aromatic amines is 1. The predicted molar refractivity (Wildman–Crippen MR) is 553 cm³/mol. The summed E-state index contributed by atoms with van der Waals surface area (Å²) < 4.78 is 96.4. The van der Waals surface area contributed by atoms with Crippen LogP contribution in [-0.2, 0) is 57.0 Å². The van der Waals surface area contributed by atoms with Crippen molar-refractivity contribution >= 4 is 110 Å². The van der Waals surface area contributed by atoms with Crippen molar-refractivity contribution in [2.45, 2.75) is 226 Å². The van der Waals surface area contributed by atoms with Crippen molar-refractivity contribution in [1.82, 2.24) is 65.0 Å². The number of likely N-dealkylation sites (tertiary alicyclic amines) is 6. The fourth-order valence-corrected chi connectivity index (χ4v) is 11.4. The van der Waals surface area contributed by atoms with E-state index >= 15 is 0 Å². The average molecular weight is 2170 g/mol. The summed E-state index contributed by atoms with van der Waals surface area (Å²) in [6.45, 7) is 43.5. The Hall–Kier alpha value is -9.72. The molecule has 7 N–H and O–H groups in total. The number of carbonyl (C=O) groups excluding carboxylic acids is 6. The van der Waals surface area contributed by atoms with Crippen LogP contribution in [0.15, 0.2) is 200 Å². The Bertz CT molecular complexity index is 4770. The molecular formula is C100H145Cl6F3N13NaO22. The average Bonchev–Trinajstić information content (AvgIpc) is 0.816. The second-order valence-electron chi connectivity index (χ2n) is 38.7. The monoisotopic (exact) mass is 2170 g/mol. The van der Waals surface area contributed by atoms with Crippen molar-refractivity contribution in [3.8, 4) is 23.0 Å². The van der Waals surface area contributed by atoms with E-state index < -0.39 is 33.6 Å². The molecule has 0 saturated carbocycles. The Morgan fingerprint density at radius 2 is 0.621 bits per heavy atom. The number of aliphatic hydroxyl groups is 3. The van der Waals surface area contributed by atoms with Crippen LogP contribution in [0.3, 0.4) is 0 Å². The van der Waals surface area contributed by atoms with E-state index in [1.807, 2.05) is 149 Å². The first-order chi connectivity index (χ1) is 65.3. The molecule has 0 radical (unpaired) electrons. The summed E-state index contributed by atoms with van der Waals surface area (Å²) in [5.74, 6) is 2.39. The number of carbonyl (C=O) groups is 6. The Labute approximate surface area is 907 Å². The molecule has 0 aliphatic carbocycles. The second kappa shape index (κ2) is 67.3. The van der Waals surface area contributed by atoms with E-state index in [9.17, 15) is 46.7 Å². The number of nitrogens with zero attached hydrogens (tertiary/aromatic N) is 10. The Morgan fingerprint density at radius 3 is 0.855 bits per heavy atom. The molecule has 3 aromatic carbocycles. The van der Waals surface area contributed by atoms with Crippen molar-refractivity contribution in [2.75, 3.05) is 105 Å². The molecule has 13 heterocycles. The minimum atomic E-state index is -0.475. The molecule has 8 aliphatic heterocycles. The Morgan fingerprint density at radius 1 is 0.352 bits per heavy atom. The van der Waals surface area contributed by atoms with E-state index in [0.717, 1.165) is 60.1 Å². The number of aliphatic hydroxyl groups excluding tert-OH is 3. The summed E-state index contributed by atoms with van der Waals surface area (Å²) >= 11 is 5.46. The first kappa shape index (κ1) is 135.